The van der Waals surface area contributed by atoms with Crippen LogP contribution < -0.4 is 0 Å². The van der Waals surface area contributed by atoms with Crippen LogP contribution >= 0.6 is 0 Å². The van der Waals surface area contributed by atoms with Gasteiger partial charge in [0, 0.05) is 16.6 Å². The predicted octanol–water partition coefficient (Wildman–Crippen LogP) is 1.69. The van der Waals surface area contributed by atoms with E-state index in [2.05, 4.69) is 13.8 Å². The van der Waals surface area contributed by atoms with Gasteiger partial charge in [-0.1, -0.05) is 13.8 Å². The first-order chi connectivity index (χ1) is 5.07. The summed E-state index contributed by atoms with van der Waals surface area (Å²) in [5.74, 6) is 1.23. The highest BCUT2D eigenvalue weighted by molar-refractivity contribution is 7.85. The number of nitriles is 1. The Labute approximate surface area is 71.1 Å². The van der Waals surface area contributed by atoms with Crippen molar-refractivity contribution in [2.75, 3.05) is 5.75 Å². The van der Waals surface area contributed by atoms with E-state index in [0.29, 0.717) is 11.7 Å². The van der Waals surface area contributed by atoms with Gasteiger partial charge in [0.2, 0.25) is 0 Å². The lowest BCUT2D eigenvalue weighted by atomic mass is 10.2. The monoisotopic (exact) mass is 173 g/mol. The quantitative estimate of drug-likeness (QED) is 0.649. The molecule has 3 heteroatoms. The predicted molar refractivity (Wildman–Crippen MR) is 47.5 cm³/mol. The van der Waals surface area contributed by atoms with Crippen LogP contribution in [0, 0.1) is 17.2 Å². The van der Waals surface area contributed by atoms with Gasteiger partial charge in [-0.15, -0.1) is 0 Å². The topological polar surface area (TPSA) is 40.9 Å². The maximum atomic E-state index is 11.2. The summed E-state index contributed by atoms with van der Waals surface area (Å²) < 4.78 is 11.2. The summed E-state index contributed by atoms with van der Waals surface area (Å²) in [5, 5.41) is 8.12. The van der Waals surface area contributed by atoms with Crippen molar-refractivity contribution in [2.24, 2.45) is 5.92 Å². The van der Waals surface area contributed by atoms with Crippen LogP contribution in [0.5, 0.6) is 0 Å². The largest absolute Gasteiger partial charge is 0.258 e. The van der Waals surface area contributed by atoms with Crippen molar-refractivity contribution in [3.63, 3.8) is 0 Å². The van der Waals surface area contributed by atoms with Crippen molar-refractivity contribution in [1.82, 2.24) is 0 Å². The van der Waals surface area contributed by atoms with Gasteiger partial charge in [-0.05, 0) is 19.3 Å². The molecule has 0 spiro atoms. The van der Waals surface area contributed by atoms with Crippen LogP contribution in [0.2, 0.25) is 0 Å². The summed E-state index contributed by atoms with van der Waals surface area (Å²) in [6, 6.07) is 1.99. The Bertz CT molecular complexity index is 171. The van der Waals surface area contributed by atoms with E-state index in [1.807, 2.05) is 6.07 Å². The minimum absolute atomic E-state index is 0.311. The Morgan fingerprint density at radius 1 is 1.45 bits per heavy atom. The lowest BCUT2D eigenvalue weighted by molar-refractivity contribution is 0.618. The highest BCUT2D eigenvalue weighted by Gasteiger charge is 2.09. The minimum Gasteiger partial charge on any atom is -0.258 e. The third kappa shape index (κ3) is 4.97. The molecule has 0 bridgehead atoms. The Kier molecular flexibility index (Phi) is 5.14. The van der Waals surface area contributed by atoms with E-state index in [4.69, 9.17) is 5.26 Å². The molecule has 11 heavy (non-hydrogen) atoms. The van der Waals surface area contributed by atoms with Crippen LogP contribution in [0.1, 0.15) is 27.2 Å². The van der Waals surface area contributed by atoms with E-state index in [0.717, 1.165) is 6.42 Å². The first kappa shape index (κ1) is 10.6. The molecule has 64 valence electrons. The Balaban J connectivity index is 3.63. The van der Waals surface area contributed by atoms with Gasteiger partial charge in [0.05, 0.1) is 6.07 Å². The molecular weight excluding hydrogens is 158 g/mol. The van der Waals surface area contributed by atoms with Gasteiger partial charge in [-0.3, -0.25) is 4.21 Å². The summed E-state index contributed by atoms with van der Waals surface area (Å²) in [6.07, 6.45) is 0.943. The molecule has 0 aromatic carbocycles. The third-order valence-corrected chi connectivity index (χ3v) is 3.00. The minimum atomic E-state index is -0.946. The Morgan fingerprint density at radius 2 is 2.00 bits per heavy atom. The Hall–Kier alpha value is -0.360. The zero-order chi connectivity index (χ0) is 8.85. The standard InChI is InChI=1S/C8H15NOS/c1-7(2)4-5-11(10)8(3)6-9/h7-8H,4-5H2,1-3H3. The maximum absolute atomic E-state index is 11.2. The zero-order valence-electron chi connectivity index (χ0n) is 7.33. The maximum Gasteiger partial charge on any atom is 0.119 e. The molecule has 2 nitrogen and oxygen atoms in total. The van der Waals surface area contributed by atoms with Crippen LogP contribution in [0.15, 0.2) is 0 Å². The lowest BCUT2D eigenvalue weighted by Crippen LogP contribution is -2.12. The molecule has 0 rings (SSSR count). The van der Waals surface area contributed by atoms with Gasteiger partial charge in [0.1, 0.15) is 5.25 Å². The molecule has 0 aromatic rings. The van der Waals surface area contributed by atoms with Crippen LogP contribution in [0.4, 0.5) is 0 Å². The molecule has 0 N–H and O–H groups in total. The molecule has 2 unspecified atom stereocenters. The van der Waals surface area contributed by atoms with Gasteiger partial charge < -0.3 is 0 Å². The van der Waals surface area contributed by atoms with Gasteiger partial charge in [0.25, 0.3) is 0 Å². The van der Waals surface area contributed by atoms with Gasteiger partial charge in [0.15, 0.2) is 0 Å². The SMILES string of the molecule is CC(C)CCS(=O)C(C)C#N. The smallest absolute Gasteiger partial charge is 0.119 e. The van der Waals surface area contributed by atoms with Crippen LogP contribution in [0.25, 0.3) is 0 Å². The number of hydrogen-bond acceptors (Lipinski definition) is 2. The van der Waals surface area contributed by atoms with Gasteiger partial charge in [-0.25, -0.2) is 0 Å². The van der Waals surface area contributed by atoms with E-state index in [9.17, 15) is 4.21 Å². The highest BCUT2D eigenvalue weighted by Crippen LogP contribution is 2.03. The number of rotatable bonds is 4. The third-order valence-electron chi connectivity index (χ3n) is 1.47. The molecule has 0 aromatic heterocycles. The molecule has 0 heterocycles. The van der Waals surface area contributed by atoms with Crippen molar-refractivity contribution in [1.29, 1.82) is 5.26 Å². The van der Waals surface area contributed by atoms with E-state index in [-0.39, 0.29) is 5.25 Å². The number of hydrogen-bond donors (Lipinski definition) is 0. The molecule has 0 amide bonds. The molecule has 0 fully saturated rings. The molecule has 0 aliphatic heterocycles. The summed E-state index contributed by atoms with van der Waals surface area (Å²) in [6.45, 7) is 5.89. The average molecular weight is 173 g/mol. The van der Waals surface area contributed by atoms with E-state index < -0.39 is 10.8 Å². The molecule has 0 saturated carbocycles. The summed E-state index contributed by atoms with van der Waals surface area (Å²) in [4.78, 5) is 0. The van der Waals surface area contributed by atoms with E-state index in [1.54, 1.807) is 6.92 Å². The first-order valence-corrected chi connectivity index (χ1v) is 5.23. The molecular formula is C8H15NOS. The molecule has 0 saturated heterocycles. The van der Waals surface area contributed by atoms with Gasteiger partial charge >= 0.3 is 0 Å². The van der Waals surface area contributed by atoms with Crippen molar-refractivity contribution >= 4 is 10.8 Å². The van der Waals surface area contributed by atoms with Crippen LogP contribution in [-0.2, 0) is 10.8 Å². The second-order valence-electron chi connectivity index (χ2n) is 3.04. The molecule has 0 aliphatic carbocycles. The second-order valence-corrected chi connectivity index (χ2v) is 4.92. The molecule has 2 atom stereocenters. The summed E-state index contributed by atoms with van der Waals surface area (Å²) in [7, 11) is -0.946. The fourth-order valence-electron chi connectivity index (χ4n) is 0.587. The van der Waals surface area contributed by atoms with Crippen molar-refractivity contribution in [3.05, 3.63) is 0 Å². The van der Waals surface area contributed by atoms with E-state index >= 15 is 0 Å². The van der Waals surface area contributed by atoms with Crippen LogP contribution in [0.3, 0.4) is 0 Å². The normalized spacial score (nSPS) is 15.9. The zero-order valence-corrected chi connectivity index (χ0v) is 8.15. The Morgan fingerprint density at radius 3 is 2.36 bits per heavy atom. The second kappa shape index (κ2) is 5.31. The van der Waals surface area contributed by atoms with Crippen molar-refractivity contribution < 1.29 is 4.21 Å². The van der Waals surface area contributed by atoms with E-state index in [1.165, 1.54) is 0 Å². The number of nitrogens with zero attached hydrogens (tertiary/aromatic N) is 1. The lowest BCUT2D eigenvalue weighted by Gasteiger charge is -2.04. The fourth-order valence-corrected chi connectivity index (χ4v) is 1.76. The summed E-state index contributed by atoms with van der Waals surface area (Å²) >= 11 is 0. The van der Waals surface area contributed by atoms with Crippen LogP contribution in [-0.4, -0.2) is 15.2 Å². The van der Waals surface area contributed by atoms with Gasteiger partial charge in [-0.2, -0.15) is 5.26 Å². The average Bonchev–Trinajstić information content (AvgIpc) is 1.98. The van der Waals surface area contributed by atoms with Crippen molar-refractivity contribution in [2.45, 2.75) is 32.4 Å². The fraction of sp³-hybridized carbons (Fsp3) is 0.875. The molecule has 0 aliphatic rings. The van der Waals surface area contributed by atoms with Crippen molar-refractivity contribution in [3.8, 4) is 6.07 Å². The highest BCUT2D eigenvalue weighted by atomic mass is 32.2. The molecule has 0 radical (unpaired) electrons. The summed E-state index contributed by atoms with van der Waals surface area (Å²) in [5.41, 5.74) is 0. The first-order valence-electron chi connectivity index (χ1n) is 3.84.